The van der Waals surface area contributed by atoms with E-state index < -0.39 is 0 Å². The molecule has 2 unspecified atom stereocenters. The van der Waals surface area contributed by atoms with E-state index in [4.69, 9.17) is 0 Å². The molecule has 1 saturated heterocycles. The monoisotopic (exact) mass is 275 g/mol. The maximum absolute atomic E-state index is 12.0. The molecule has 1 amide bonds. The molecule has 4 nitrogen and oxygen atoms in total. The van der Waals surface area contributed by atoms with Crippen LogP contribution < -0.4 is 10.6 Å². The Hall–Kier alpha value is -1.55. The first-order valence-corrected chi connectivity index (χ1v) is 7.33. The third-order valence-electron chi connectivity index (χ3n) is 3.80. The van der Waals surface area contributed by atoms with E-state index in [-0.39, 0.29) is 11.9 Å². The number of nitrogens with zero attached hydrogens (tertiary/aromatic N) is 1. The van der Waals surface area contributed by atoms with Crippen molar-refractivity contribution in [1.29, 1.82) is 0 Å². The maximum atomic E-state index is 12.0. The number of rotatable bonds is 4. The molecule has 2 rings (SSSR count). The van der Waals surface area contributed by atoms with Gasteiger partial charge in [-0.2, -0.15) is 0 Å². The Morgan fingerprint density at radius 1 is 1.40 bits per heavy atom. The Balaban J connectivity index is 2.01. The van der Waals surface area contributed by atoms with E-state index in [0.717, 1.165) is 18.7 Å². The number of likely N-dealkylation sites (tertiary alicyclic amines) is 1. The third kappa shape index (κ3) is 3.73. The minimum Gasteiger partial charge on any atom is -0.381 e. The van der Waals surface area contributed by atoms with Gasteiger partial charge in [0.1, 0.15) is 0 Å². The highest BCUT2D eigenvalue weighted by Crippen LogP contribution is 2.20. The first-order chi connectivity index (χ1) is 9.45. The molecular weight excluding hydrogens is 250 g/mol. The molecule has 0 aliphatic carbocycles. The van der Waals surface area contributed by atoms with Crippen LogP contribution >= 0.6 is 0 Å². The van der Waals surface area contributed by atoms with Crippen molar-refractivity contribution in [3.63, 3.8) is 0 Å². The second kappa shape index (κ2) is 6.27. The summed E-state index contributed by atoms with van der Waals surface area (Å²) in [5.41, 5.74) is 1.73. The number of hydrogen-bond acceptors (Lipinski definition) is 3. The van der Waals surface area contributed by atoms with Gasteiger partial charge in [-0.25, -0.2) is 0 Å². The molecule has 0 aromatic heterocycles. The highest BCUT2D eigenvalue weighted by Gasteiger charge is 2.25. The zero-order valence-electron chi connectivity index (χ0n) is 12.8. The van der Waals surface area contributed by atoms with Gasteiger partial charge in [0.25, 0.3) is 5.91 Å². The third-order valence-corrected chi connectivity index (χ3v) is 3.80. The Bertz CT molecular complexity index is 463. The van der Waals surface area contributed by atoms with Gasteiger partial charge in [-0.3, -0.25) is 4.79 Å². The van der Waals surface area contributed by atoms with E-state index >= 15 is 0 Å². The van der Waals surface area contributed by atoms with Crippen molar-refractivity contribution in [2.24, 2.45) is 0 Å². The standard InChI is InChI=1S/C16H25N3O/c1-11(2)17-16(20)13-6-5-7-14(9-13)18-15-8-12(3)19(4)10-15/h5-7,9,11-12,15,18H,8,10H2,1-4H3,(H,17,20). The van der Waals surface area contributed by atoms with Crippen molar-refractivity contribution in [1.82, 2.24) is 10.2 Å². The highest BCUT2D eigenvalue weighted by molar-refractivity contribution is 5.95. The Kier molecular flexibility index (Phi) is 4.65. The van der Waals surface area contributed by atoms with Crippen LogP contribution in [-0.2, 0) is 0 Å². The van der Waals surface area contributed by atoms with Crippen LogP contribution in [0.1, 0.15) is 37.6 Å². The van der Waals surface area contributed by atoms with Crippen LogP contribution in [0.15, 0.2) is 24.3 Å². The van der Waals surface area contributed by atoms with Crippen molar-refractivity contribution in [3.05, 3.63) is 29.8 Å². The first-order valence-electron chi connectivity index (χ1n) is 7.33. The number of anilines is 1. The lowest BCUT2D eigenvalue weighted by Crippen LogP contribution is -2.30. The lowest BCUT2D eigenvalue weighted by Gasteiger charge is -2.15. The van der Waals surface area contributed by atoms with Gasteiger partial charge in [0.15, 0.2) is 0 Å². The smallest absolute Gasteiger partial charge is 0.251 e. The molecule has 1 heterocycles. The molecule has 0 radical (unpaired) electrons. The maximum Gasteiger partial charge on any atom is 0.251 e. The van der Waals surface area contributed by atoms with E-state index in [1.165, 1.54) is 0 Å². The van der Waals surface area contributed by atoms with Gasteiger partial charge in [-0.1, -0.05) is 6.07 Å². The van der Waals surface area contributed by atoms with Crippen molar-refractivity contribution in [2.75, 3.05) is 18.9 Å². The van der Waals surface area contributed by atoms with Crippen LogP contribution in [0.3, 0.4) is 0 Å². The van der Waals surface area contributed by atoms with Crippen molar-refractivity contribution >= 4 is 11.6 Å². The number of benzene rings is 1. The molecule has 1 fully saturated rings. The van der Waals surface area contributed by atoms with Gasteiger partial charge in [-0.15, -0.1) is 0 Å². The summed E-state index contributed by atoms with van der Waals surface area (Å²) in [6.45, 7) is 7.23. The molecule has 1 aromatic rings. The van der Waals surface area contributed by atoms with Gasteiger partial charge in [-0.05, 0) is 52.4 Å². The van der Waals surface area contributed by atoms with E-state index in [0.29, 0.717) is 17.6 Å². The summed E-state index contributed by atoms with van der Waals surface area (Å²) in [6.07, 6.45) is 1.14. The van der Waals surface area contributed by atoms with E-state index in [2.05, 4.69) is 29.5 Å². The largest absolute Gasteiger partial charge is 0.381 e. The van der Waals surface area contributed by atoms with Gasteiger partial charge in [0.05, 0.1) is 0 Å². The number of carbonyl (C=O) groups is 1. The van der Waals surface area contributed by atoms with Crippen molar-refractivity contribution in [2.45, 2.75) is 45.3 Å². The summed E-state index contributed by atoms with van der Waals surface area (Å²) >= 11 is 0. The average molecular weight is 275 g/mol. The lowest BCUT2D eigenvalue weighted by molar-refractivity contribution is 0.0943. The Morgan fingerprint density at radius 2 is 2.15 bits per heavy atom. The fourth-order valence-corrected chi connectivity index (χ4v) is 2.63. The van der Waals surface area contributed by atoms with E-state index in [9.17, 15) is 4.79 Å². The van der Waals surface area contributed by atoms with Gasteiger partial charge < -0.3 is 15.5 Å². The van der Waals surface area contributed by atoms with Gasteiger partial charge in [0.2, 0.25) is 0 Å². The number of likely N-dealkylation sites (N-methyl/N-ethyl adjacent to an activating group) is 1. The van der Waals surface area contributed by atoms with Crippen LogP contribution in [-0.4, -0.2) is 42.5 Å². The predicted octanol–water partition coefficient (Wildman–Crippen LogP) is 2.33. The SMILES string of the molecule is CC(C)NC(=O)c1cccc(NC2CC(C)N(C)C2)c1. The minimum absolute atomic E-state index is 0.0134. The van der Waals surface area contributed by atoms with Crippen LogP contribution in [0.2, 0.25) is 0 Å². The molecule has 4 heteroatoms. The fourth-order valence-electron chi connectivity index (χ4n) is 2.63. The Labute approximate surface area is 121 Å². The summed E-state index contributed by atoms with van der Waals surface area (Å²) in [4.78, 5) is 14.4. The minimum atomic E-state index is -0.0134. The summed E-state index contributed by atoms with van der Waals surface area (Å²) < 4.78 is 0. The second-order valence-electron chi connectivity index (χ2n) is 6.07. The molecule has 1 aromatic carbocycles. The van der Waals surface area contributed by atoms with Gasteiger partial charge >= 0.3 is 0 Å². The number of nitrogens with one attached hydrogen (secondary N) is 2. The average Bonchev–Trinajstić information content (AvgIpc) is 2.67. The first kappa shape index (κ1) is 14.9. The molecule has 110 valence electrons. The normalized spacial score (nSPS) is 23.1. The van der Waals surface area contributed by atoms with Crippen molar-refractivity contribution in [3.8, 4) is 0 Å². The molecule has 2 atom stereocenters. The van der Waals surface area contributed by atoms with Crippen LogP contribution in [0.4, 0.5) is 5.69 Å². The Morgan fingerprint density at radius 3 is 2.75 bits per heavy atom. The van der Waals surface area contributed by atoms with E-state index in [1.807, 2.05) is 38.1 Å². The zero-order valence-corrected chi connectivity index (χ0v) is 12.8. The fraction of sp³-hybridized carbons (Fsp3) is 0.562. The quantitative estimate of drug-likeness (QED) is 0.886. The van der Waals surface area contributed by atoms with Gasteiger partial charge in [0, 0.05) is 35.9 Å². The molecule has 0 spiro atoms. The molecule has 0 saturated carbocycles. The number of amides is 1. The highest BCUT2D eigenvalue weighted by atomic mass is 16.1. The molecule has 1 aliphatic rings. The predicted molar refractivity (Wildman–Crippen MR) is 83.2 cm³/mol. The summed E-state index contributed by atoms with van der Waals surface area (Å²) in [7, 11) is 2.15. The number of hydrogen-bond donors (Lipinski definition) is 2. The molecule has 2 N–H and O–H groups in total. The summed E-state index contributed by atoms with van der Waals surface area (Å²) in [5.74, 6) is -0.0134. The summed E-state index contributed by atoms with van der Waals surface area (Å²) in [5, 5.41) is 6.45. The molecule has 0 bridgehead atoms. The van der Waals surface area contributed by atoms with Crippen LogP contribution in [0.25, 0.3) is 0 Å². The van der Waals surface area contributed by atoms with E-state index in [1.54, 1.807) is 0 Å². The zero-order chi connectivity index (χ0) is 14.7. The second-order valence-corrected chi connectivity index (χ2v) is 6.07. The lowest BCUT2D eigenvalue weighted by atomic mass is 10.1. The molecular formula is C16H25N3O. The van der Waals surface area contributed by atoms with Crippen LogP contribution in [0, 0.1) is 0 Å². The molecule has 1 aliphatic heterocycles. The topological polar surface area (TPSA) is 44.4 Å². The van der Waals surface area contributed by atoms with Crippen LogP contribution in [0.5, 0.6) is 0 Å². The summed E-state index contributed by atoms with van der Waals surface area (Å²) in [6, 6.07) is 8.96. The van der Waals surface area contributed by atoms with Crippen molar-refractivity contribution < 1.29 is 4.79 Å². The number of carbonyl (C=O) groups excluding carboxylic acids is 1. The molecule has 20 heavy (non-hydrogen) atoms.